The first kappa shape index (κ1) is 15.4. The number of aromatic nitrogens is 2. The van der Waals surface area contributed by atoms with E-state index in [9.17, 15) is 0 Å². The molecule has 21 heavy (non-hydrogen) atoms. The number of hydrogen-bond donors (Lipinski definition) is 1. The Morgan fingerprint density at radius 2 is 2.00 bits per heavy atom. The SMILES string of the molecule is Cc1cccc(N(CCCN)c2cc(C(C)C)ncn2)c1. The summed E-state index contributed by atoms with van der Waals surface area (Å²) in [6, 6.07) is 10.5. The maximum absolute atomic E-state index is 5.68. The van der Waals surface area contributed by atoms with Crippen molar-refractivity contribution in [3.8, 4) is 0 Å². The van der Waals surface area contributed by atoms with Gasteiger partial charge in [-0.3, -0.25) is 0 Å². The Bertz CT molecular complexity index is 581. The van der Waals surface area contributed by atoms with E-state index in [0.717, 1.165) is 30.2 Å². The van der Waals surface area contributed by atoms with Gasteiger partial charge in [0.2, 0.25) is 0 Å². The Balaban J connectivity index is 2.37. The second-order valence-corrected chi connectivity index (χ2v) is 5.59. The van der Waals surface area contributed by atoms with Gasteiger partial charge >= 0.3 is 0 Å². The van der Waals surface area contributed by atoms with Crippen LogP contribution in [0.2, 0.25) is 0 Å². The van der Waals surface area contributed by atoms with E-state index < -0.39 is 0 Å². The Labute approximate surface area is 127 Å². The lowest BCUT2D eigenvalue weighted by atomic mass is 10.1. The van der Waals surface area contributed by atoms with Crippen LogP contribution in [0, 0.1) is 6.92 Å². The lowest BCUT2D eigenvalue weighted by molar-refractivity contribution is 0.788. The molecule has 0 saturated heterocycles. The zero-order valence-corrected chi connectivity index (χ0v) is 13.1. The van der Waals surface area contributed by atoms with Gasteiger partial charge in [0.25, 0.3) is 0 Å². The fourth-order valence-corrected chi connectivity index (χ4v) is 2.25. The number of nitrogens with zero attached hydrogens (tertiary/aromatic N) is 3. The van der Waals surface area contributed by atoms with Crippen LogP contribution in [-0.4, -0.2) is 23.1 Å². The third kappa shape index (κ3) is 4.02. The number of hydrogen-bond acceptors (Lipinski definition) is 4. The van der Waals surface area contributed by atoms with Gasteiger partial charge < -0.3 is 10.6 Å². The Hall–Kier alpha value is -1.94. The zero-order chi connectivity index (χ0) is 15.2. The van der Waals surface area contributed by atoms with E-state index in [0.29, 0.717) is 12.5 Å². The zero-order valence-electron chi connectivity index (χ0n) is 13.1. The predicted octanol–water partition coefficient (Wildman–Crippen LogP) is 3.40. The molecular weight excluding hydrogens is 260 g/mol. The van der Waals surface area contributed by atoms with Gasteiger partial charge in [0.05, 0.1) is 0 Å². The first-order chi connectivity index (χ1) is 10.1. The van der Waals surface area contributed by atoms with Crippen LogP contribution in [0.3, 0.4) is 0 Å². The number of aryl methyl sites for hydroxylation is 1. The largest absolute Gasteiger partial charge is 0.330 e. The van der Waals surface area contributed by atoms with E-state index in [2.05, 4.69) is 66.0 Å². The second kappa shape index (κ2) is 7.18. The first-order valence-electron chi connectivity index (χ1n) is 7.48. The van der Waals surface area contributed by atoms with Crippen molar-refractivity contribution in [1.29, 1.82) is 0 Å². The molecule has 0 unspecified atom stereocenters. The van der Waals surface area contributed by atoms with Crippen molar-refractivity contribution in [2.75, 3.05) is 18.0 Å². The van der Waals surface area contributed by atoms with Crippen molar-refractivity contribution in [2.24, 2.45) is 5.73 Å². The number of nitrogens with two attached hydrogens (primary N) is 1. The summed E-state index contributed by atoms with van der Waals surface area (Å²) in [6.45, 7) is 7.91. The predicted molar refractivity (Wildman–Crippen MR) is 88.0 cm³/mol. The quantitative estimate of drug-likeness (QED) is 0.883. The molecule has 2 N–H and O–H groups in total. The summed E-state index contributed by atoms with van der Waals surface area (Å²) in [5, 5.41) is 0. The highest BCUT2D eigenvalue weighted by atomic mass is 15.2. The Morgan fingerprint density at radius 1 is 1.19 bits per heavy atom. The molecule has 0 aliphatic rings. The molecule has 0 fully saturated rings. The van der Waals surface area contributed by atoms with Crippen molar-refractivity contribution in [3.63, 3.8) is 0 Å². The molecule has 1 heterocycles. The monoisotopic (exact) mass is 284 g/mol. The number of rotatable bonds is 6. The Morgan fingerprint density at radius 3 is 2.67 bits per heavy atom. The van der Waals surface area contributed by atoms with E-state index in [1.807, 2.05) is 0 Å². The van der Waals surface area contributed by atoms with E-state index in [1.54, 1.807) is 6.33 Å². The highest BCUT2D eigenvalue weighted by Gasteiger charge is 2.12. The smallest absolute Gasteiger partial charge is 0.136 e. The molecule has 2 rings (SSSR count). The molecule has 0 spiro atoms. The fraction of sp³-hybridized carbons (Fsp3) is 0.412. The highest BCUT2D eigenvalue weighted by molar-refractivity contribution is 5.60. The minimum absolute atomic E-state index is 0.389. The van der Waals surface area contributed by atoms with Gasteiger partial charge in [0, 0.05) is 24.0 Å². The average Bonchev–Trinajstić information content (AvgIpc) is 2.48. The van der Waals surface area contributed by atoms with E-state index >= 15 is 0 Å². The molecule has 4 nitrogen and oxygen atoms in total. The Kier molecular flexibility index (Phi) is 5.28. The summed E-state index contributed by atoms with van der Waals surface area (Å²) in [5.41, 5.74) is 9.13. The molecule has 4 heteroatoms. The lowest BCUT2D eigenvalue weighted by Crippen LogP contribution is -2.22. The maximum Gasteiger partial charge on any atom is 0.136 e. The molecule has 0 saturated carbocycles. The van der Waals surface area contributed by atoms with Crippen LogP contribution in [0.1, 0.15) is 37.4 Å². The fourth-order valence-electron chi connectivity index (χ4n) is 2.25. The van der Waals surface area contributed by atoms with Gasteiger partial charge in [-0.05, 0) is 43.5 Å². The van der Waals surface area contributed by atoms with Crippen LogP contribution in [-0.2, 0) is 0 Å². The van der Waals surface area contributed by atoms with E-state index in [4.69, 9.17) is 5.73 Å². The summed E-state index contributed by atoms with van der Waals surface area (Å²) < 4.78 is 0. The van der Waals surface area contributed by atoms with Crippen molar-refractivity contribution >= 4 is 11.5 Å². The molecule has 0 aliphatic heterocycles. The molecule has 0 radical (unpaired) electrons. The van der Waals surface area contributed by atoms with E-state index in [-0.39, 0.29) is 0 Å². The summed E-state index contributed by atoms with van der Waals surface area (Å²) >= 11 is 0. The minimum atomic E-state index is 0.389. The van der Waals surface area contributed by atoms with Crippen molar-refractivity contribution in [1.82, 2.24) is 9.97 Å². The average molecular weight is 284 g/mol. The molecule has 0 amide bonds. The molecule has 0 aliphatic carbocycles. The number of benzene rings is 1. The van der Waals surface area contributed by atoms with Gasteiger partial charge in [-0.25, -0.2) is 9.97 Å². The van der Waals surface area contributed by atoms with Crippen LogP contribution >= 0.6 is 0 Å². The molecular formula is C17H24N4. The van der Waals surface area contributed by atoms with Gasteiger partial charge in [0.15, 0.2) is 0 Å². The lowest BCUT2D eigenvalue weighted by Gasteiger charge is -2.24. The summed E-state index contributed by atoms with van der Waals surface area (Å²) in [6.07, 6.45) is 2.57. The third-order valence-corrected chi connectivity index (χ3v) is 3.44. The van der Waals surface area contributed by atoms with E-state index in [1.165, 1.54) is 5.56 Å². The van der Waals surface area contributed by atoms with Crippen LogP contribution in [0.25, 0.3) is 0 Å². The van der Waals surface area contributed by atoms with Gasteiger partial charge in [0.1, 0.15) is 12.1 Å². The molecule has 0 bridgehead atoms. The maximum atomic E-state index is 5.68. The van der Waals surface area contributed by atoms with Crippen LogP contribution in [0.15, 0.2) is 36.7 Å². The van der Waals surface area contributed by atoms with Crippen LogP contribution < -0.4 is 10.6 Å². The summed E-state index contributed by atoms with van der Waals surface area (Å²) in [7, 11) is 0. The number of anilines is 2. The normalized spacial score (nSPS) is 10.9. The van der Waals surface area contributed by atoms with Crippen LogP contribution in [0.5, 0.6) is 0 Å². The summed E-state index contributed by atoms with van der Waals surface area (Å²) in [5.74, 6) is 1.33. The molecule has 112 valence electrons. The molecule has 2 aromatic rings. The third-order valence-electron chi connectivity index (χ3n) is 3.44. The highest BCUT2D eigenvalue weighted by Crippen LogP contribution is 2.26. The van der Waals surface area contributed by atoms with Gasteiger partial charge in [-0.1, -0.05) is 26.0 Å². The van der Waals surface area contributed by atoms with Crippen molar-refractivity contribution < 1.29 is 0 Å². The molecule has 0 atom stereocenters. The topological polar surface area (TPSA) is 55.0 Å². The van der Waals surface area contributed by atoms with Crippen molar-refractivity contribution in [2.45, 2.75) is 33.1 Å². The summed E-state index contributed by atoms with van der Waals surface area (Å²) in [4.78, 5) is 11.0. The van der Waals surface area contributed by atoms with Gasteiger partial charge in [-0.2, -0.15) is 0 Å². The molecule has 1 aromatic carbocycles. The van der Waals surface area contributed by atoms with Crippen LogP contribution in [0.4, 0.5) is 11.5 Å². The molecule has 1 aromatic heterocycles. The van der Waals surface area contributed by atoms with Crippen molar-refractivity contribution in [3.05, 3.63) is 47.9 Å². The standard InChI is InChI=1S/C17H24N4/c1-13(2)16-11-17(20-12-19-16)21(9-5-8-18)15-7-4-6-14(3)10-15/h4,6-7,10-13H,5,8-9,18H2,1-3H3. The van der Waals surface area contributed by atoms with Gasteiger partial charge in [-0.15, -0.1) is 0 Å². The minimum Gasteiger partial charge on any atom is -0.330 e. The first-order valence-corrected chi connectivity index (χ1v) is 7.48. The second-order valence-electron chi connectivity index (χ2n) is 5.59.